The molecule has 128 valence electrons. The highest BCUT2D eigenvalue weighted by Crippen LogP contribution is 2.31. The summed E-state index contributed by atoms with van der Waals surface area (Å²) in [7, 11) is -3.24. The molecule has 0 unspecified atom stereocenters. The third-order valence-corrected chi connectivity index (χ3v) is 6.01. The highest BCUT2D eigenvalue weighted by atomic mass is 32.2. The van der Waals surface area contributed by atoms with Crippen LogP contribution in [0.5, 0.6) is 0 Å². The molecule has 1 aliphatic heterocycles. The van der Waals surface area contributed by atoms with E-state index in [1.54, 1.807) is 24.5 Å². The molecular formula is C17H22N4O2S. The molecular weight excluding hydrogens is 324 g/mol. The van der Waals surface area contributed by atoms with Gasteiger partial charge in [-0.1, -0.05) is 0 Å². The zero-order chi connectivity index (χ0) is 16.7. The van der Waals surface area contributed by atoms with Gasteiger partial charge in [0.25, 0.3) is 0 Å². The normalized spacial score (nSPS) is 19.8. The zero-order valence-electron chi connectivity index (χ0n) is 13.9. The molecule has 1 saturated carbocycles. The molecule has 4 rings (SSSR count). The third-order valence-electron chi connectivity index (χ3n) is 4.90. The summed E-state index contributed by atoms with van der Waals surface area (Å²) in [5, 5.41) is 0.816. The number of sulfone groups is 1. The van der Waals surface area contributed by atoms with Gasteiger partial charge in [-0.3, -0.25) is 4.90 Å². The van der Waals surface area contributed by atoms with Crippen molar-refractivity contribution in [3.63, 3.8) is 0 Å². The number of rotatable bonds is 4. The minimum absolute atomic E-state index is 0.318. The Morgan fingerprint density at radius 3 is 2.54 bits per heavy atom. The minimum atomic E-state index is -3.24. The summed E-state index contributed by atoms with van der Waals surface area (Å²) >= 11 is 0. The quantitative estimate of drug-likeness (QED) is 0.837. The summed E-state index contributed by atoms with van der Waals surface area (Å²) in [5.41, 5.74) is 0.785. The fraction of sp³-hybridized carbons (Fsp3) is 0.529. The Labute approximate surface area is 142 Å². The van der Waals surface area contributed by atoms with Crippen LogP contribution in [0.25, 0.3) is 10.9 Å². The Balaban J connectivity index is 1.61. The molecule has 0 atom stereocenters. The highest BCUT2D eigenvalue weighted by Gasteiger charge is 2.27. The van der Waals surface area contributed by atoms with Gasteiger partial charge in [-0.05, 0) is 37.0 Å². The van der Waals surface area contributed by atoms with Gasteiger partial charge in [-0.15, -0.1) is 0 Å². The van der Waals surface area contributed by atoms with E-state index in [9.17, 15) is 8.42 Å². The van der Waals surface area contributed by atoms with Crippen LogP contribution in [0.15, 0.2) is 29.4 Å². The van der Waals surface area contributed by atoms with Gasteiger partial charge in [0.2, 0.25) is 0 Å². The molecule has 2 fully saturated rings. The first-order valence-electron chi connectivity index (χ1n) is 8.43. The second-order valence-corrected chi connectivity index (χ2v) is 8.90. The van der Waals surface area contributed by atoms with E-state index in [2.05, 4.69) is 19.8 Å². The van der Waals surface area contributed by atoms with E-state index in [-0.39, 0.29) is 0 Å². The SMILES string of the molecule is CS(=O)(=O)c1ccc2ncnc(N3CCN(CC4CC4)CC3)c2c1. The maximum absolute atomic E-state index is 11.9. The number of hydrogen-bond acceptors (Lipinski definition) is 6. The molecule has 1 saturated heterocycles. The van der Waals surface area contributed by atoms with Crippen molar-refractivity contribution in [3.8, 4) is 0 Å². The van der Waals surface area contributed by atoms with Gasteiger partial charge in [0.05, 0.1) is 10.4 Å². The Hall–Kier alpha value is -1.73. The predicted octanol–water partition coefficient (Wildman–Crippen LogP) is 1.57. The summed E-state index contributed by atoms with van der Waals surface area (Å²) in [6.07, 6.45) is 5.55. The van der Waals surface area contributed by atoms with Crippen molar-refractivity contribution in [3.05, 3.63) is 24.5 Å². The van der Waals surface area contributed by atoms with Crippen LogP contribution in [0.4, 0.5) is 5.82 Å². The van der Waals surface area contributed by atoms with Crippen molar-refractivity contribution in [1.29, 1.82) is 0 Å². The molecule has 1 aromatic carbocycles. The Kier molecular flexibility index (Phi) is 3.92. The molecule has 0 N–H and O–H groups in total. The van der Waals surface area contributed by atoms with E-state index in [0.717, 1.165) is 48.8 Å². The maximum atomic E-state index is 11.9. The van der Waals surface area contributed by atoms with E-state index in [4.69, 9.17) is 0 Å². The van der Waals surface area contributed by atoms with Crippen LogP contribution in [0.3, 0.4) is 0 Å². The van der Waals surface area contributed by atoms with E-state index in [1.165, 1.54) is 25.6 Å². The van der Waals surface area contributed by atoms with Crippen molar-refractivity contribution >= 4 is 26.6 Å². The molecule has 0 amide bonds. The van der Waals surface area contributed by atoms with E-state index >= 15 is 0 Å². The smallest absolute Gasteiger partial charge is 0.175 e. The Bertz CT molecular complexity index is 856. The highest BCUT2D eigenvalue weighted by molar-refractivity contribution is 7.90. The topological polar surface area (TPSA) is 66.4 Å². The monoisotopic (exact) mass is 346 g/mol. The lowest BCUT2D eigenvalue weighted by Gasteiger charge is -2.35. The second kappa shape index (κ2) is 5.97. The molecule has 24 heavy (non-hydrogen) atoms. The number of nitrogens with zero attached hydrogens (tertiary/aromatic N) is 4. The van der Waals surface area contributed by atoms with Gasteiger partial charge in [0, 0.05) is 44.4 Å². The molecule has 0 spiro atoms. The Morgan fingerprint density at radius 2 is 1.88 bits per heavy atom. The second-order valence-electron chi connectivity index (χ2n) is 6.88. The number of piperazine rings is 1. The number of benzene rings is 1. The van der Waals surface area contributed by atoms with Gasteiger partial charge in [0.15, 0.2) is 9.84 Å². The maximum Gasteiger partial charge on any atom is 0.175 e. The van der Waals surface area contributed by atoms with Crippen LogP contribution < -0.4 is 4.90 Å². The van der Waals surface area contributed by atoms with E-state index in [0.29, 0.717) is 4.90 Å². The summed E-state index contributed by atoms with van der Waals surface area (Å²) < 4.78 is 23.7. The average molecular weight is 346 g/mol. The molecule has 0 radical (unpaired) electrons. The van der Waals surface area contributed by atoms with Gasteiger partial charge in [-0.25, -0.2) is 18.4 Å². The molecule has 0 bridgehead atoms. The first kappa shape index (κ1) is 15.8. The molecule has 2 aromatic rings. The molecule has 1 aromatic heterocycles. The first-order chi connectivity index (χ1) is 11.5. The summed E-state index contributed by atoms with van der Waals surface area (Å²) in [4.78, 5) is 13.8. The van der Waals surface area contributed by atoms with Gasteiger partial charge in [0.1, 0.15) is 12.1 Å². The summed E-state index contributed by atoms with van der Waals surface area (Å²) in [6.45, 7) is 5.13. The van der Waals surface area contributed by atoms with Crippen molar-refractivity contribution in [2.24, 2.45) is 5.92 Å². The van der Waals surface area contributed by atoms with Crippen LogP contribution >= 0.6 is 0 Å². The van der Waals surface area contributed by atoms with Crippen molar-refractivity contribution < 1.29 is 8.42 Å². The van der Waals surface area contributed by atoms with Crippen LogP contribution in [0.2, 0.25) is 0 Å². The largest absolute Gasteiger partial charge is 0.353 e. The third kappa shape index (κ3) is 3.23. The minimum Gasteiger partial charge on any atom is -0.353 e. The van der Waals surface area contributed by atoms with Gasteiger partial charge >= 0.3 is 0 Å². The van der Waals surface area contributed by atoms with Crippen LogP contribution in [0.1, 0.15) is 12.8 Å². The predicted molar refractivity (Wildman–Crippen MR) is 94.0 cm³/mol. The van der Waals surface area contributed by atoms with Crippen molar-refractivity contribution in [2.75, 3.05) is 43.9 Å². The summed E-state index contributed by atoms with van der Waals surface area (Å²) in [5.74, 6) is 1.75. The van der Waals surface area contributed by atoms with Crippen molar-refractivity contribution in [1.82, 2.24) is 14.9 Å². The standard InChI is InChI=1S/C17H22N4O2S/c1-24(22,23)14-4-5-16-15(10-14)17(19-12-18-16)21-8-6-20(7-9-21)11-13-2-3-13/h4-5,10,12-13H,2-3,6-9,11H2,1H3. The number of fused-ring (bicyclic) bond motifs is 1. The fourth-order valence-electron chi connectivity index (χ4n) is 3.31. The number of anilines is 1. The molecule has 1 aliphatic carbocycles. The fourth-order valence-corrected chi connectivity index (χ4v) is 3.96. The first-order valence-corrected chi connectivity index (χ1v) is 10.3. The number of aromatic nitrogens is 2. The lowest BCUT2D eigenvalue weighted by Crippen LogP contribution is -2.47. The van der Waals surface area contributed by atoms with Crippen molar-refractivity contribution in [2.45, 2.75) is 17.7 Å². The average Bonchev–Trinajstić information content (AvgIpc) is 3.38. The molecule has 7 heteroatoms. The zero-order valence-corrected chi connectivity index (χ0v) is 14.7. The Morgan fingerprint density at radius 1 is 1.12 bits per heavy atom. The van der Waals surface area contributed by atoms with Crippen LogP contribution in [-0.2, 0) is 9.84 Å². The lowest BCUT2D eigenvalue weighted by atomic mass is 10.2. The van der Waals surface area contributed by atoms with E-state index < -0.39 is 9.84 Å². The van der Waals surface area contributed by atoms with E-state index in [1.807, 2.05) is 0 Å². The van der Waals surface area contributed by atoms with Crippen LogP contribution in [0, 0.1) is 5.92 Å². The summed E-state index contributed by atoms with van der Waals surface area (Å²) in [6, 6.07) is 5.08. The van der Waals surface area contributed by atoms with Crippen LogP contribution in [-0.4, -0.2) is 62.3 Å². The molecule has 2 aliphatic rings. The molecule has 6 nitrogen and oxygen atoms in total. The van der Waals surface area contributed by atoms with Gasteiger partial charge < -0.3 is 4.90 Å². The lowest BCUT2D eigenvalue weighted by molar-refractivity contribution is 0.248. The molecule has 2 heterocycles. The number of hydrogen-bond donors (Lipinski definition) is 0. The van der Waals surface area contributed by atoms with Gasteiger partial charge in [-0.2, -0.15) is 0 Å².